The lowest BCUT2D eigenvalue weighted by Gasteiger charge is -2.01. The van der Waals surface area contributed by atoms with Crippen LogP contribution in [0.15, 0.2) is 11.4 Å². The first-order valence-electron chi connectivity index (χ1n) is 7.62. The Balaban J connectivity index is 0.00000104. The number of halogens is 2. The van der Waals surface area contributed by atoms with Gasteiger partial charge in [0.25, 0.3) is 5.91 Å². The molecule has 2 fully saturated rings. The van der Waals surface area contributed by atoms with Gasteiger partial charge >= 0.3 is 0 Å². The van der Waals surface area contributed by atoms with Crippen LogP contribution in [0.2, 0.25) is 0 Å². The number of nitrogens with zero attached hydrogens (tertiary/aromatic N) is 2. The molecule has 2 atom stereocenters. The van der Waals surface area contributed by atoms with Crippen LogP contribution in [0.3, 0.4) is 0 Å². The van der Waals surface area contributed by atoms with Gasteiger partial charge in [-0.3, -0.25) is 10.1 Å². The molecule has 0 saturated heterocycles. The lowest BCUT2D eigenvalue weighted by Crippen LogP contribution is -2.20. The van der Waals surface area contributed by atoms with Gasteiger partial charge in [0, 0.05) is 12.0 Å². The van der Waals surface area contributed by atoms with Crippen LogP contribution in [-0.4, -0.2) is 28.7 Å². The molecule has 0 radical (unpaired) electrons. The molecule has 132 valence electrons. The predicted molar refractivity (Wildman–Crippen MR) is 103 cm³/mol. The maximum Gasteiger partial charge on any atom is 0.267 e. The largest absolute Gasteiger partial charge is 0.313 e. The van der Waals surface area contributed by atoms with Crippen LogP contribution in [-0.2, 0) is 0 Å². The van der Waals surface area contributed by atoms with Crippen LogP contribution < -0.4 is 10.6 Å². The summed E-state index contributed by atoms with van der Waals surface area (Å²) in [5.41, 5.74) is 1.29. The zero-order valence-corrected chi connectivity index (χ0v) is 16.4. The van der Waals surface area contributed by atoms with Crippen molar-refractivity contribution in [2.45, 2.75) is 38.1 Å². The van der Waals surface area contributed by atoms with Gasteiger partial charge in [0.05, 0.1) is 4.88 Å². The molecule has 2 aliphatic rings. The van der Waals surface area contributed by atoms with E-state index in [4.69, 9.17) is 0 Å². The minimum Gasteiger partial charge on any atom is -0.313 e. The second kappa shape index (κ2) is 8.10. The van der Waals surface area contributed by atoms with Crippen molar-refractivity contribution in [3.8, 4) is 0 Å². The average molecular weight is 407 g/mol. The van der Waals surface area contributed by atoms with Crippen LogP contribution in [0, 0.1) is 12.8 Å². The van der Waals surface area contributed by atoms with Gasteiger partial charge in [-0.15, -0.1) is 46.3 Å². The fourth-order valence-electron chi connectivity index (χ4n) is 2.60. The molecule has 0 unspecified atom stereocenters. The number of carbonyl (C=O) groups excluding carboxylic acids is 1. The molecular weight excluding hydrogens is 387 g/mol. The zero-order chi connectivity index (χ0) is 15.1. The number of rotatable bonds is 6. The number of thiophene rings is 1. The summed E-state index contributed by atoms with van der Waals surface area (Å²) in [5, 5.41) is 17.8. The molecule has 5 nitrogen and oxygen atoms in total. The summed E-state index contributed by atoms with van der Waals surface area (Å²) in [5.74, 6) is 1.41. The summed E-state index contributed by atoms with van der Waals surface area (Å²) in [6.07, 6.45) is 3.97. The summed E-state index contributed by atoms with van der Waals surface area (Å²) < 4.78 is 0. The highest BCUT2D eigenvalue weighted by atomic mass is 35.5. The predicted octanol–water partition coefficient (Wildman–Crippen LogP) is 3.86. The molecule has 4 rings (SSSR count). The Labute approximate surface area is 161 Å². The lowest BCUT2D eigenvalue weighted by molar-refractivity contribution is 0.103. The quantitative estimate of drug-likeness (QED) is 0.763. The summed E-state index contributed by atoms with van der Waals surface area (Å²) in [4.78, 5) is 13.0. The highest BCUT2D eigenvalue weighted by Crippen LogP contribution is 2.43. The number of hydrogen-bond acceptors (Lipinski definition) is 6. The number of anilines is 1. The van der Waals surface area contributed by atoms with Gasteiger partial charge in [0.1, 0.15) is 5.01 Å². The third-order valence-corrected chi connectivity index (χ3v) is 5.88. The summed E-state index contributed by atoms with van der Waals surface area (Å²) in [7, 11) is 0. The molecule has 2 N–H and O–H groups in total. The number of carbonyl (C=O) groups is 1. The molecular formula is C15H20Cl2N4OS2. The van der Waals surface area contributed by atoms with E-state index in [0.717, 1.165) is 22.3 Å². The van der Waals surface area contributed by atoms with Crippen molar-refractivity contribution in [2.24, 2.45) is 5.92 Å². The highest BCUT2D eigenvalue weighted by molar-refractivity contribution is 7.15. The Morgan fingerprint density at radius 3 is 2.79 bits per heavy atom. The monoisotopic (exact) mass is 406 g/mol. The number of aromatic nitrogens is 2. The Morgan fingerprint density at radius 2 is 2.12 bits per heavy atom. The molecule has 0 aromatic carbocycles. The van der Waals surface area contributed by atoms with Crippen molar-refractivity contribution >= 4 is 58.5 Å². The first-order valence-corrected chi connectivity index (χ1v) is 9.32. The Kier molecular flexibility index (Phi) is 6.61. The van der Waals surface area contributed by atoms with Crippen molar-refractivity contribution < 1.29 is 4.79 Å². The van der Waals surface area contributed by atoms with Gasteiger partial charge in [-0.1, -0.05) is 11.3 Å². The minimum atomic E-state index is -0.0875. The number of aryl methyl sites for hydroxylation is 1. The number of nitrogens with one attached hydrogen (secondary N) is 2. The standard InChI is InChI=1S/C15H18N4OS2.2ClH/c1-8-18-19-15(22-8)17-14(20)13-4-10(7-21-13)11-5-12(11)16-6-9-2-3-9;;/h4,7,9,11-12,16H,2-3,5-6H2,1H3,(H,17,19,20);2*1H/t11-,12+;;/m1../s1. The SMILES string of the molecule is Cc1nnc(NC(=O)c2cc([C@H]3C[C@@H]3NCC3CC3)cs2)s1.Cl.Cl. The molecule has 1 amide bonds. The van der Waals surface area contributed by atoms with Gasteiger partial charge in [-0.25, -0.2) is 0 Å². The van der Waals surface area contributed by atoms with Gasteiger partial charge < -0.3 is 5.32 Å². The topological polar surface area (TPSA) is 66.9 Å². The second-order valence-corrected chi connectivity index (χ2v) is 8.22. The number of amides is 1. The van der Waals surface area contributed by atoms with Gasteiger partial charge in [0.2, 0.25) is 5.13 Å². The van der Waals surface area contributed by atoms with E-state index in [1.807, 2.05) is 13.0 Å². The fourth-order valence-corrected chi connectivity index (χ4v) is 4.05. The number of hydrogen-bond donors (Lipinski definition) is 2. The molecule has 0 bridgehead atoms. The summed E-state index contributed by atoms with van der Waals surface area (Å²) >= 11 is 2.90. The van der Waals surface area contributed by atoms with E-state index in [2.05, 4.69) is 26.2 Å². The Morgan fingerprint density at radius 1 is 1.33 bits per heavy atom. The van der Waals surface area contributed by atoms with Crippen molar-refractivity contribution in [3.63, 3.8) is 0 Å². The van der Waals surface area contributed by atoms with E-state index in [1.54, 1.807) is 0 Å². The zero-order valence-electron chi connectivity index (χ0n) is 13.2. The van der Waals surface area contributed by atoms with Crippen LogP contribution >= 0.6 is 47.5 Å². The summed E-state index contributed by atoms with van der Waals surface area (Å²) in [6.45, 7) is 3.04. The summed E-state index contributed by atoms with van der Waals surface area (Å²) in [6, 6.07) is 2.63. The average Bonchev–Trinajstić information content (AvgIpc) is 3.38. The molecule has 0 aliphatic heterocycles. The van der Waals surface area contributed by atoms with Crippen molar-refractivity contribution in [3.05, 3.63) is 26.9 Å². The first kappa shape index (κ1) is 19.6. The third-order valence-electron chi connectivity index (χ3n) is 4.17. The van der Waals surface area contributed by atoms with Crippen molar-refractivity contribution in [1.29, 1.82) is 0 Å². The van der Waals surface area contributed by atoms with E-state index in [9.17, 15) is 4.79 Å². The molecule has 2 aromatic rings. The lowest BCUT2D eigenvalue weighted by atomic mass is 10.2. The molecule has 0 spiro atoms. The van der Waals surface area contributed by atoms with Gasteiger partial charge in [0.15, 0.2) is 0 Å². The minimum absolute atomic E-state index is 0. The highest BCUT2D eigenvalue weighted by Gasteiger charge is 2.39. The van der Waals surface area contributed by atoms with Crippen LogP contribution in [0.1, 0.15) is 45.4 Å². The van der Waals surface area contributed by atoms with E-state index >= 15 is 0 Å². The second-order valence-electron chi connectivity index (χ2n) is 6.12. The smallest absolute Gasteiger partial charge is 0.267 e. The van der Waals surface area contributed by atoms with Crippen LogP contribution in [0.5, 0.6) is 0 Å². The molecule has 9 heteroatoms. The van der Waals surface area contributed by atoms with Crippen molar-refractivity contribution in [2.75, 3.05) is 11.9 Å². The van der Waals surface area contributed by atoms with E-state index in [-0.39, 0.29) is 30.7 Å². The normalized spacial score (nSPS) is 21.5. The molecule has 2 aliphatic carbocycles. The molecule has 2 saturated carbocycles. The molecule has 2 aromatic heterocycles. The van der Waals surface area contributed by atoms with E-state index < -0.39 is 0 Å². The van der Waals surface area contributed by atoms with Gasteiger partial charge in [-0.05, 0) is 55.7 Å². The maximum atomic E-state index is 12.2. The molecule has 2 heterocycles. The Bertz CT molecular complexity index is 701. The van der Waals surface area contributed by atoms with Crippen LogP contribution in [0.4, 0.5) is 5.13 Å². The van der Waals surface area contributed by atoms with Crippen molar-refractivity contribution in [1.82, 2.24) is 15.5 Å². The fraction of sp³-hybridized carbons (Fsp3) is 0.533. The maximum absolute atomic E-state index is 12.2. The Hall–Kier alpha value is -0.730. The van der Waals surface area contributed by atoms with Gasteiger partial charge in [-0.2, -0.15) is 0 Å². The third kappa shape index (κ3) is 4.67. The van der Waals surface area contributed by atoms with E-state index in [1.165, 1.54) is 47.5 Å². The van der Waals surface area contributed by atoms with Crippen LogP contribution in [0.25, 0.3) is 0 Å². The molecule has 24 heavy (non-hydrogen) atoms. The van der Waals surface area contributed by atoms with E-state index in [0.29, 0.717) is 17.1 Å². The first-order chi connectivity index (χ1) is 10.7.